The molecule has 0 spiro atoms. The lowest BCUT2D eigenvalue weighted by Crippen LogP contribution is -2.30. The SMILES string of the molecule is COC(=O)c1scc(OC[C@H](COCc2ccccc2)OS(=O)(=O)c2ccc(C)cc2)c1N. The first kappa shape index (κ1) is 24.7. The van der Waals surface area contributed by atoms with Crippen LogP contribution in [-0.4, -0.2) is 40.8 Å². The highest BCUT2D eigenvalue weighted by molar-refractivity contribution is 7.86. The Labute approximate surface area is 197 Å². The zero-order chi connectivity index (χ0) is 23.8. The molecule has 1 heterocycles. The number of methoxy groups -OCH3 is 1. The van der Waals surface area contributed by atoms with Gasteiger partial charge in [0.2, 0.25) is 0 Å². The molecule has 2 aromatic carbocycles. The molecule has 0 bridgehead atoms. The Kier molecular flexibility index (Phi) is 8.45. The summed E-state index contributed by atoms with van der Waals surface area (Å²) in [6.45, 7) is 1.92. The average Bonchev–Trinajstić information content (AvgIpc) is 3.18. The lowest BCUT2D eigenvalue weighted by Gasteiger charge is -2.18. The van der Waals surface area contributed by atoms with E-state index in [9.17, 15) is 13.2 Å². The molecule has 1 atom stereocenters. The van der Waals surface area contributed by atoms with Crippen LogP contribution in [0.2, 0.25) is 0 Å². The standard InChI is InChI=1S/C23H25NO7S2/c1-16-8-10-19(11-9-16)33(26,27)31-18(13-29-12-17-6-4-3-5-7-17)14-30-20-15-32-22(21(20)24)23(25)28-2/h3-11,15,18H,12-14,24H2,1-2H3/t18-/m0/s1. The zero-order valence-electron chi connectivity index (χ0n) is 18.2. The predicted octanol–water partition coefficient (Wildman–Crippen LogP) is 3.80. The molecule has 0 aliphatic rings. The summed E-state index contributed by atoms with van der Waals surface area (Å²) in [5.74, 6) is -0.335. The van der Waals surface area contributed by atoms with Crippen LogP contribution in [0.1, 0.15) is 20.8 Å². The van der Waals surface area contributed by atoms with Crippen LogP contribution >= 0.6 is 11.3 Å². The van der Waals surface area contributed by atoms with Crippen LogP contribution < -0.4 is 10.5 Å². The molecule has 0 fully saturated rings. The second-order valence-electron chi connectivity index (χ2n) is 7.13. The van der Waals surface area contributed by atoms with Crippen molar-refractivity contribution in [2.45, 2.75) is 24.5 Å². The molecule has 0 aliphatic heterocycles. The number of esters is 1. The molecule has 0 saturated heterocycles. The van der Waals surface area contributed by atoms with Crippen molar-refractivity contribution in [1.82, 2.24) is 0 Å². The van der Waals surface area contributed by atoms with E-state index in [-0.39, 0.29) is 41.0 Å². The third kappa shape index (κ3) is 6.78. The quantitative estimate of drug-likeness (QED) is 0.318. The summed E-state index contributed by atoms with van der Waals surface area (Å²) in [6, 6.07) is 15.8. The topological polar surface area (TPSA) is 114 Å². The number of hydrogen-bond donors (Lipinski definition) is 1. The van der Waals surface area contributed by atoms with Gasteiger partial charge in [-0.05, 0) is 24.6 Å². The smallest absolute Gasteiger partial charge is 0.350 e. The summed E-state index contributed by atoms with van der Waals surface area (Å²) in [5.41, 5.74) is 7.95. The molecule has 8 nitrogen and oxygen atoms in total. The first-order valence-corrected chi connectivity index (χ1v) is 12.3. The van der Waals surface area contributed by atoms with Crippen LogP contribution in [-0.2, 0) is 30.4 Å². The zero-order valence-corrected chi connectivity index (χ0v) is 19.9. The molecule has 10 heteroatoms. The monoisotopic (exact) mass is 491 g/mol. The van der Waals surface area contributed by atoms with E-state index >= 15 is 0 Å². The number of rotatable bonds is 11. The summed E-state index contributed by atoms with van der Waals surface area (Å²) in [7, 11) is -2.80. The number of carbonyl (C=O) groups is 1. The van der Waals surface area contributed by atoms with Gasteiger partial charge in [0.05, 0.1) is 30.9 Å². The molecular formula is C23H25NO7S2. The van der Waals surface area contributed by atoms with Gasteiger partial charge in [0.1, 0.15) is 17.6 Å². The van der Waals surface area contributed by atoms with Crippen molar-refractivity contribution in [1.29, 1.82) is 0 Å². The predicted molar refractivity (Wildman–Crippen MR) is 125 cm³/mol. The van der Waals surface area contributed by atoms with Crippen LogP contribution in [0.3, 0.4) is 0 Å². The highest BCUT2D eigenvalue weighted by Crippen LogP contribution is 2.33. The van der Waals surface area contributed by atoms with Gasteiger partial charge in [-0.3, -0.25) is 4.18 Å². The van der Waals surface area contributed by atoms with E-state index < -0.39 is 22.2 Å². The van der Waals surface area contributed by atoms with Crippen molar-refractivity contribution in [3.63, 3.8) is 0 Å². The number of nitrogen functional groups attached to an aromatic ring is 1. The Hall–Kier alpha value is -2.92. The number of thiophene rings is 1. The largest absolute Gasteiger partial charge is 0.488 e. The van der Waals surface area contributed by atoms with E-state index in [1.54, 1.807) is 17.5 Å². The highest BCUT2D eigenvalue weighted by Gasteiger charge is 2.24. The molecule has 0 radical (unpaired) electrons. The minimum atomic E-state index is -4.06. The molecule has 0 aliphatic carbocycles. The van der Waals surface area contributed by atoms with Crippen LogP contribution in [0.4, 0.5) is 5.69 Å². The molecule has 3 rings (SSSR count). The average molecular weight is 492 g/mol. The van der Waals surface area contributed by atoms with E-state index in [1.165, 1.54) is 19.2 Å². The van der Waals surface area contributed by atoms with Gasteiger partial charge in [-0.1, -0.05) is 48.0 Å². The van der Waals surface area contributed by atoms with Crippen LogP contribution in [0.5, 0.6) is 5.75 Å². The number of carbonyl (C=O) groups excluding carboxylic acids is 1. The Morgan fingerprint density at radius 2 is 1.76 bits per heavy atom. The number of ether oxygens (including phenoxy) is 3. The fourth-order valence-corrected chi connectivity index (χ4v) is 4.70. The second-order valence-corrected chi connectivity index (χ2v) is 9.58. The van der Waals surface area contributed by atoms with E-state index in [2.05, 4.69) is 4.74 Å². The highest BCUT2D eigenvalue weighted by atomic mass is 32.2. The summed E-state index contributed by atoms with van der Waals surface area (Å²) < 4.78 is 47.1. The fraction of sp³-hybridized carbons (Fsp3) is 0.261. The van der Waals surface area contributed by atoms with Crippen molar-refractivity contribution in [3.8, 4) is 5.75 Å². The first-order chi connectivity index (χ1) is 15.8. The molecule has 176 valence electrons. The molecule has 2 N–H and O–H groups in total. The Morgan fingerprint density at radius 1 is 1.06 bits per heavy atom. The van der Waals surface area contributed by atoms with E-state index in [0.717, 1.165) is 22.5 Å². The van der Waals surface area contributed by atoms with E-state index in [0.29, 0.717) is 0 Å². The number of hydrogen-bond acceptors (Lipinski definition) is 9. The lowest BCUT2D eigenvalue weighted by molar-refractivity contribution is 0.0219. The number of anilines is 1. The fourth-order valence-electron chi connectivity index (χ4n) is 2.82. The Morgan fingerprint density at radius 3 is 2.42 bits per heavy atom. The number of aryl methyl sites for hydroxylation is 1. The molecule has 33 heavy (non-hydrogen) atoms. The van der Waals surface area contributed by atoms with Crippen molar-refractivity contribution >= 4 is 33.1 Å². The van der Waals surface area contributed by atoms with Gasteiger partial charge in [0.25, 0.3) is 10.1 Å². The third-order valence-electron chi connectivity index (χ3n) is 4.58. The normalized spacial score (nSPS) is 12.3. The summed E-state index contributed by atoms with van der Waals surface area (Å²) >= 11 is 1.07. The van der Waals surface area contributed by atoms with Gasteiger partial charge < -0.3 is 19.9 Å². The molecule has 3 aromatic rings. The van der Waals surface area contributed by atoms with Crippen LogP contribution in [0.15, 0.2) is 64.9 Å². The van der Waals surface area contributed by atoms with Gasteiger partial charge in [-0.15, -0.1) is 11.3 Å². The summed E-state index contributed by atoms with van der Waals surface area (Å²) in [6.07, 6.45) is -0.958. The maximum Gasteiger partial charge on any atom is 0.350 e. The number of nitrogens with two attached hydrogens (primary N) is 1. The molecule has 0 amide bonds. The number of benzene rings is 2. The Bertz CT molecular complexity index is 1160. The molecule has 1 aromatic heterocycles. The Balaban J connectivity index is 1.71. The minimum absolute atomic E-state index is 0.0317. The van der Waals surface area contributed by atoms with Gasteiger partial charge in [0.15, 0.2) is 5.75 Å². The van der Waals surface area contributed by atoms with Crippen LogP contribution in [0.25, 0.3) is 0 Å². The van der Waals surface area contributed by atoms with Crippen molar-refractivity contribution < 1.29 is 31.6 Å². The molecule has 0 unspecified atom stereocenters. The molecular weight excluding hydrogens is 466 g/mol. The minimum Gasteiger partial charge on any atom is -0.488 e. The maximum absolute atomic E-state index is 12.8. The van der Waals surface area contributed by atoms with Crippen molar-refractivity contribution in [3.05, 3.63) is 76.0 Å². The van der Waals surface area contributed by atoms with E-state index in [1.807, 2.05) is 37.3 Å². The third-order valence-corrected chi connectivity index (χ3v) is 6.91. The second kappa shape index (κ2) is 11.3. The summed E-state index contributed by atoms with van der Waals surface area (Å²) in [4.78, 5) is 12.0. The van der Waals surface area contributed by atoms with Crippen molar-refractivity contribution in [2.75, 3.05) is 26.1 Å². The first-order valence-electron chi connectivity index (χ1n) is 10.00. The lowest BCUT2D eigenvalue weighted by atomic mass is 10.2. The van der Waals surface area contributed by atoms with Crippen LogP contribution in [0, 0.1) is 6.92 Å². The molecule has 0 saturated carbocycles. The van der Waals surface area contributed by atoms with E-state index in [4.69, 9.17) is 19.4 Å². The van der Waals surface area contributed by atoms with Gasteiger partial charge >= 0.3 is 5.97 Å². The van der Waals surface area contributed by atoms with Gasteiger partial charge in [-0.25, -0.2) is 4.79 Å². The van der Waals surface area contributed by atoms with Crippen molar-refractivity contribution in [2.24, 2.45) is 0 Å². The maximum atomic E-state index is 12.8. The van der Waals surface area contributed by atoms with Gasteiger partial charge in [-0.2, -0.15) is 8.42 Å². The van der Waals surface area contributed by atoms with Gasteiger partial charge in [0, 0.05) is 5.38 Å². The summed E-state index contributed by atoms with van der Waals surface area (Å²) in [5, 5.41) is 1.55.